The molecular weight excluding hydrogens is 380 g/mol. The van der Waals surface area contributed by atoms with E-state index in [1.54, 1.807) is 13.2 Å². The molecule has 1 aliphatic rings. The van der Waals surface area contributed by atoms with Gasteiger partial charge >= 0.3 is 0 Å². The van der Waals surface area contributed by atoms with Crippen LogP contribution in [0, 0.1) is 0 Å². The van der Waals surface area contributed by atoms with Crippen molar-refractivity contribution in [3.8, 4) is 11.5 Å². The lowest BCUT2D eigenvalue weighted by atomic mass is 10.1. The van der Waals surface area contributed by atoms with Crippen LogP contribution < -0.4 is 14.8 Å². The Morgan fingerprint density at radius 3 is 2.57 bits per heavy atom. The van der Waals surface area contributed by atoms with Gasteiger partial charge in [0.15, 0.2) is 0 Å². The van der Waals surface area contributed by atoms with Gasteiger partial charge in [0.2, 0.25) is 0 Å². The maximum absolute atomic E-state index is 12.2. The first-order valence-electron chi connectivity index (χ1n) is 10.6. The third kappa shape index (κ3) is 6.75. The predicted octanol–water partition coefficient (Wildman–Crippen LogP) is 3.37. The first-order chi connectivity index (χ1) is 14.7. The molecule has 0 saturated carbocycles. The van der Waals surface area contributed by atoms with Crippen molar-refractivity contribution in [2.24, 2.45) is 0 Å². The highest BCUT2D eigenvalue weighted by Crippen LogP contribution is 2.21. The second-order valence-electron chi connectivity index (χ2n) is 7.60. The van der Waals surface area contributed by atoms with E-state index in [1.807, 2.05) is 48.5 Å². The summed E-state index contributed by atoms with van der Waals surface area (Å²) in [7, 11) is 1.61. The smallest absolute Gasteiger partial charge is 0.251 e. The van der Waals surface area contributed by atoms with Crippen molar-refractivity contribution in [2.75, 3.05) is 40.0 Å². The number of nitrogens with one attached hydrogen (secondary N) is 1. The summed E-state index contributed by atoms with van der Waals surface area (Å²) in [4.78, 5) is 14.7. The molecule has 0 spiro atoms. The van der Waals surface area contributed by atoms with E-state index in [9.17, 15) is 4.79 Å². The number of rotatable bonds is 10. The Kier molecular flexibility index (Phi) is 8.53. The molecule has 0 aromatic heterocycles. The molecule has 1 heterocycles. The molecule has 6 heteroatoms. The lowest BCUT2D eigenvalue weighted by molar-refractivity contribution is 0.0636. The van der Waals surface area contributed by atoms with E-state index in [2.05, 4.69) is 17.1 Å². The minimum atomic E-state index is -0.112. The van der Waals surface area contributed by atoms with Crippen LogP contribution in [-0.2, 0) is 4.74 Å². The van der Waals surface area contributed by atoms with Crippen LogP contribution in [-0.4, -0.2) is 62.9 Å². The highest BCUT2D eigenvalue weighted by molar-refractivity contribution is 5.94. The molecule has 3 rings (SSSR count). The fraction of sp³-hybridized carbons (Fsp3) is 0.458. The van der Waals surface area contributed by atoms with Crippen LogP contribution in [0.2, 0.25) is 0 Å². The average molecular weight is 413 g/mol. The van der Waals surface area contributed by atoms with E-state index < -0.39 is 0 Å². The van der Waals surface area contributed by atoms with E-state index >= 15 is 0 Å². The molecule has 1 unspecified atom stereocenters. The number of likely N-dealkylation sites (tertiary alicyclic amines) is 1. The number of hydrogen-bond acceptors (Lipinski definition) is 5. The Balaban J connectivity index is 1.43. The Bertz CT molecular complexity index is 776. The fourth-order valence-electron chi connectivity index (χ4n) is 3.55. The molecule has 1 fully saturated rings. The molecule has 2 aromatic carbocycles. The molecule has 0 radical (unpaired) electrons. The van der Waals surface area contributed by atoms with Crippen molar-refractivity contribution in [1.82, 2.24) is 10.2 Å². The Morgan fingerprint density at radius 2 is 1.83 bits per heavy atom. The number of carbonyl (C=O) groups is 1. The monoisotopic (exact) mass is 412 g/mol. The lowest BCUT2D eigenvalue weighted by Gasteiger charge is -2.35. The Hall–Kier alpha value is -2.57. The molecule has 1 N–H and O–H groups in total. The van der Waals surface area contributed by atoms with Gasteiger partial charge in [-0.25, -0.2) is 0 Å². The summed E-state index contributed by atoms with van der Waals surface area (Å²) in [5.74, 6) is 1.54. The van der Waals surface area contributed by atoms with Crippen LogP contribution in [0.15, 0.2) is 54.6 Å². The topological polar surface area (TPSA) is 60.0 Å². The Morgan fingerprint density at radius 1 is 1.10 bits per heavy atom. The molecule has 1 amide bonds. The van der Waals surface area contributed by atoms with E-state index in [0.29, 0.717) is 31.4 Å². The molecule has 1 aliphatic heterocycles. The summed E-state index contributed by atoms with van der Waals surface area (Å²) in [5.41, 5.74) is 0.604. The van der Waals surface area contributed by atoms with Crippen molar-refractivity contribution in [3.05, 3.63) is 60.2 Å². The zero-order chi connectivity index (χ0) is 21.2. The van der Waals surface area contributed by atoms with Gasteiger partial charge in [-0.3, -0.25) is 9.69 Å². The normalized spacial score (nSPS) is 16.1. The van der Waals surface area contributed by atoms with Gasteiger partial charge in [0, 0.05) is 38.3 Å². The zero-order valence-electron chi connectivity index (χ0n) is 17.9. The summed E-state index contributed by atoms with van der Waals surface area (Å²) in [5, 5.41) is 2.83. The van der Waals surface area contributed by atoms with Gasteiger partial charge < -0.3 is 19.5 Å². The Labute approximate surface area is 179 Å². The quantitative estimate of drug-likeness (QED) is 0.607. The SMILES string of the molecule is COCCNC(=O)c1cccc(OC2CCN(C(C)COc3ccccc3)CC2)c1. The first kappa shape index (κ1) is 22.1. The van der Waals surface area contributed by atoms with Gasteiger partial charge in [-0.05, 0) is 50.1 Å². The predicted molar refractivity (Wildman–Crippen MR) is 117 cm³/mol. The molecule has 1 atom stereocenters. The number of amides is 1. The third-order valence-corrected chi connectivity index (χ3v) is 5.33. The maximum Gasteiger partial charge on any atom is 0.251 e. The first-order valence-corrected chi connectivity index (χ1v) is 10.6. The van der Waals surface area contributed by atoms with Gasteiger partial charge in [-0.2, -0.15) is 0 Å². The van der Waals surface area contributed by atoms with Crippen molar-refractivity contribution in [1.29, 1.82) is 0 Å². The number of benzene rings is 2. The molecule has 162 valence electrons. The van der Waals surface area contributed by atoms with E-state index in [1.165, 1.54) is 0 Å². The fourth-order valence-corrected chi connectivity index (χ4v) is 3.55. The van der Waals surface area contributed by atoms with Crippen LogP contribution >= 0.6 is 0 Å². The molecule has 0 aliphatic carbocycles. The van der Waals surface area contributed by atoms with Crippen LogP contribution in [0.4, 0.5) is 0 Å². The highest BCUT2D eigenvalue weighted by atomic mass is 16.5. The van der Waals surface area contributed by atoms with Gasteiger partial charge in [-0.1, -0.05) is 24.3 Å². The average Bonchev–Trinajstić information content (AvgIpc) is 2.79. The summed E-state index contributed by atoms with van der Waals surface area (Å²) in [6.07, 6.45) is 2.08. The number of piperidine rings is 1. The number of ether oxygens (including phenoxy) is 3. The summed E-state index contributed by atoms with van der Waals surface area (Å²) >= 11 is 0. The number of hydrogen-bond donors (Lipinski definition) is 1. The largest absolute Gasteiger partial charge is 0.492 e. The summed E-state index contributed by atoms with van der Waals surface area (Å²) in [6, 6.07) is 17.7. The molecule has 6 nitrogen and oxygen atoms in total. The van der Waals surface area contributed by atoms with E-state index in [4.69, 9.17) is 14.2 Å². The van der Waals surface area contributed by atoms with Crippen molar-refractivity contribution >= 4 is 5.91 Å². The zero-order valence-corrected chi connectivity index (χ0v) is 17.9. The number of para-hydroxylation sites is 1. The van der Waals surface area contributed by atoms with Crippen LogP contribution in [0.3, 0.4) is 0 Å². The molecule has 30 heavy (non-hydrogen) atoms. The highest BCUT2D eigenvalue weighted by Gasteiger charge is 2.24. The molecule has 2 aromatic rings. The van der Waals surface area contributed by atoms with Crippen molar-refractivity contribution in [2.45, 2.75) is 31.9 Å². The van der Waals surface area contributed by atoms with Crippen molar-refractivity contribution < 1.29 is 19.0 Å². The minimum absolute atomic E-state index is 0.112. The molecular formula is C24H32N2O4. The third-order valence-electron chi connectivity index (χ3n) is 5.33. The number of nitrogens with zero attached hydrogens (tertiary/aromatic N) is 1. The number of carbonyl (C=O) groups excluding carboxylic acids is 1. The maximum atomic E-state index is 12.2. The van der Waals surface area contributed by atoms with Gasteiger partial charge in [0.05, 0.1) is 6.61 Å². The summed E-state index contributed by atoms with van der Waals surface area (Å²) in [6.45, 7) is 5.81. The second-order valence-corrected chi connectivity index (χ2v) is 7.60. The number of methoxy groups -OCH3 is 1. The van der Waals surface area contributed by atoms with Crippen LogP contribution in [0.5, 0.6) is 11.5 Å². The van der Waals surface area contributed by atoms with E-state index in [0.717, 1.165) is 37.4 Å². The van der Waals surface area contributed by atoms with Crippen LogP contribution in [0.25, 0.3) is 0 Å². The second kappa shape index (κ2) is 11.6. The molecule has 1 saturated heterocycles. The standard InChI is InChI=1S/C24H32N2O4/c1-19(18-29-21-8-4-3-5-9-21)26-14-11-22(12-15-26)30-23-10-6-7-20(17-23)24(27)25-13-16-28-2/h3-10,17,19,22H,11-16,18H2,1-2H3,(H,25,27). The van der Waals surface area contributed by atoms with Crippen LogP contribution in [0.1, 0.15) is 30.1 Å². The van der Waals surface area contributed by atoms with E-state index in [-0.39, 0.29) is 12.0 Å². The summed E-state index contributed by atoms with van der Waals surface area (Å²) < 4.78 is 17.0. The minimum Gasteiger partial charge on any atom is -0.492 e. The van der Waals surface area contributed by atoms with Crippen molar-refractivity contribution in [3.63, 3.8) is 0 Å². The molecule has 0 bridgehead atoms. The van der Waals surface area contributed by atoms with Gasteiger partial charge in [0.1, 0.15) is 24.2 Å². The van der Waals surface area contributed by atoms with Gasteiger partial charge in [0.25, 0.3) is 5.91 Å². The van der Waals surface area contributed by atoms with Gasteiger partial charge in [-0.15, -0.1) is 0 Å². The lowest BCUT2D eigenvalue weighted by Crippen LogP contribution is -2.45.